The van der Waals surface area contributed by atoms with Crippen molar-refractivity contribution >= 4 is 6.29 Å². The van der Waals surface area contributed by atoms with E-state index >= 15 is 0 Å². The molecule has 1 aliphatic rings. The fraction of sp³-hybridized carbons (Fsp3) is 0.350. The minimum absolute atomic E-state index is 0.376. The molecule has 25 heavy (non-hydrogen) atoms. The number of aldehydes is 1. The van der Waals surface area contributed by atoms with Gasteiger partial charge in [0, 0.05) is 7.11 Å². The number of hydrogen-bond acceptors (Lipinski definition) is 5. The molecule has 1 fully saturated rings. The summed E-state index contributed by atoms with van der Waals surface area (Å²) in [6.07, 6.45) is -1.61. The third-order valence-electron chi connectivity index (χ3n) is 4.14. The lowest BCUT2D eigenvalue weighted by atomic mass is 10.1. The fourth-order valence-electron chi connectivity index (χ4n) is 2.85. The summed E-state index contributed by atoms with van der Waals surface area (Å²) >= 11 is 0. The van der Waals surface area contributed by atoms with Crippen molar-refractivity contribution < 1.29 is 23.7 Å². The zero-order valence-electron chi connectivity index (χ0n) is 14.1. The summed E-state index contributed by atoms with van der Waals surface area (Å²) in [7, 11) is 1.53. The van der Waals surface area contributed by atoms with Crippen LogP contribution in [-0.2, 0) is 37.0 Å². The predicted octanol–water partition coefficient (Wildman–Crippen LogP) is 2.73. The lowest BCUT2D eigenvalue weighted by molar-refractivity contribution is -0.167. The quantitative estimate of drug-likeness (QED) is 0.691. The minimum atomic E-state index is -0.713. The highest BCUT2D eigenvalue weighted by molar-refractivity contribution is 5.58. The van der Waals surface area contributed by atoms with Gasteiger partial charge in [-0.1, -0.05) is 60.7 Å². The average Bonchev–Trinajstić information content (AvgIpc) is 3.03. The van der Waals surface area contributed by atoms with Crippen molar-refractivity contribution in [3.8, 4) is 0 Å². The SMILES string of the molecule is CO[C@H]1O[C@@H](C=O)[C@@H](OCc2ccccc2)[C@@H]1OCc1ccccc1. The summed E-state index contributed by atoms with van der Waals surface area (Å²) in [4.78, 5) is 11.4. The number of methoxy groups -OCH3 is 1. The Hall–Kier alpha value is -2.05. The summed E-state index contributed by atoms with van der Waals surface area (Å²) < 4.78 is 22.9. The van der Waals surface area contributed by atoms with Gasteiger partial charge in [-0.2, -0.15) is 0 Å². The van der Waals surface area contributed by atoms with Crippen LogP contribution in [0.15, 0.2) is 60.7 Å². The molecule has 132 valence electrons. The van der Waals surface area contributed by atoms with Crippen molar-refractivity contribution in [1.82, 2.24) is 0 Å². The van der Waals surface area contributed by atoms with Crippen LogP contribution in [0.3, 0.4) is 0 Å². The number of carbonyl (C=O) groups is 1. The third-order valence-corrected chi connectivity index (χ3v) is 4.14. The first-order valence-electron chi connectivity index (χ1n) is 8.26. The normalized spacial score (nSPS) is 25.8. The number of ether oxygens (including phenoxy) is 4. The second kappa shape index (κ2) is 8.87. The predicted molar refractivity (Wildman–Crippen MR) is 91.8 cm³/mol. The molecular weight excluding hydrogens is 320 g/mol. The van der Waals surface area contributed by atoms with Crippen molar-refractivity contribution in [1.29, 1.82) is 0 Å². The molecule has 0 unspecified atom stereocenters. The van der Waals surface area contributed by atoms with Gasteiger partial charge in [0.25, 0.3) is 0 Å². The molecule has 1 heterocycles. The second-order valence-corrected chi connectivity index (χ2v) is 5.86. The van der Waals surface area contributed by atoms with Crippen LogP contribution in [0.2, 0.25) is 0 Å². The first-order chi connectivity index (χ1) is 12.3. The van der Waals surface area contributed by atoms with E-state index in [1.54, 1.807) is 0 Å². The first-order valence-corrected chi connectivity index (χ1v) is 8.26. The molecular formula is C20H22O5. The van der Waals surface area contributed by atoms with Crippen molar-refractivity contribution in [2.75, 3.05) is 7.11 Å². The molecule has 0 aliphatic carbocycles. The zero-order chi connectivity index (χ0) is 17.5. The van der Waals surface area contributed by atoms with Crippen molar-refractivity contribution in [3.05, 3.63) is 71.8 Å². The minimum Gasteiger partial charge on any atom is -0.367 e. The summed E-state index contributed by atoms with van der Waals surface area (Å²) in [6, 6.07) is 19.6. The molecule has 1 aliphatic heterocycles. The van der Waals surface area contributed by atoms with Crippen LogP contribution in [0.4, 0.5) is 0 Å². The Morgan fingerprint density at radius 2 is 1.40 bits per heavy atom. The van der Waals surface area contributed by atoms with Crippen LogP contribution in [-0.4, -0.2) is 38.0 Å². The van der Waals surface area contributed by atoms with Gasteiger partial charge in [0.2, 0.25) is 0 Å². The largest absolute Gasteiger partial charge is 0.367 e. The van der Waals surface area contributed by atoms with Crippen molar-refractivity contribution in [2.45, 2.75) is 37.8 Å². The summed E-state index contributed by atoms with van der Waals surface area (Å²) in [5.74, 6) is 0. The van der Waals surface area contributed by atoms with Crippen LogP contribution in [0.25, 0.3) is 0 Å². The van der Waals surface area contributed by atoms with Crippen LogP contribution < -0.4 is 0 Å². The molecule has 0 radical (unpaired) electrons. The van der Waals surface area contributed by atoms with E-state index in [9.17, 15) is 4.79 Å². The number of carbonyl (C=O) groups excluding carboxylic acids is 1. The zero-order valence-corrected chi connectivity index (χ0v) is 14.1. The lowest BCUT2D eigenvalue weighted by Crippen LogP contribution is -2.38. The maximum Gasteiger partial charge on any atom is 0.187 e. The van der Waals surface area contributed by atoms with Crippen LogP contribution in [0, 0.1) is 0 Å². The van der Waals surface area contributed by atoms with Gasteiger partial charge in [-0.3, -0.25) is 0 Å². The Morgan fingerprint density at radius 1 is 0.880 bits per heavy atom. The summed E-state index contributed by atoms with van der Waals surface area (Å²) in [5.41, 5.74) is 2.06. The molecule has 0 aromatic heterocycles. The van der Waals surface area contributed by atoms with Crippen LogP contribution in [0.5, 0.6) is 0 Å². The Balaban J connectivity index is 1.67. The van der Waals surface area contributed by atoms with Gasteiger partial charge in [0.15, 0.2) is 12.6 Å². The Bertz CT molecular complexity index is 646. The summed E-state index contributed by atoms with van der Waals surface area (Å²) in [5, 5.41) is 0. The Kier molecular flexibility index (Phi) is 6.30. The van der Waals surface area contributed by atoms with E-state index in [0.717, 1.165) is 17.4 Å². The maximum atomic E-state index is 11.4. The first kappa shape index (κ1) is 17.8. The topological polar surface area (TPSA) is 54.0 Å². The highest BCUT2D eigenvalue weighted by Crippen LogP contribution is 2.28. The van der Waals surface area contributed by atoms with Crippen molar-refractivity contribution in [3.63, 3.8) is 0 Å². The molecule has 1 saturated heterocycles. The molecule has 5 nitrogen and oxygen atoms in total. The highest BCUT2D eigenvalue weighted by atomic mass is 16.7. The third kappa shape index (κ3) is 4.52. The number of hydrogen-bond donors (Lipinski definition) is 0. The van der Waals surface area contributed by atoms with Gasteiger partial charge in [0.1, 0.15) is 18.3 Å². The number of benzene rings is 2. The lowest BCUT2D eigenvalue weighted by Gasteiger charge is -2.23. The molecule has 0 spiro atoms. The van der Waals surface area contributed by atoms with E-state index < -0.39 is 24.6 Å². The Morgan fingerprint density at radius 3 is 1.88 bits per heavy atom. The smallest absolute Gasteiger partial charge is 0.187 e. The van der Waals surface area contributed by atoms with E-state index in [1.165, 1.54) is 7.11 Å². The molecule has 4 atom stereocenters. The van der Waals surface area contributed by atoms with Gasteiger partial charge in [-0.25, -0.2) is 0 Å². The molecule has 0 bridgehead atoms. The van der Waals surface area contributed by atoms with E-state index in [1.807, 2.05) is 60.7 Å². The standard InChI is InChI=1S/C20H22O5/c1-22-20-19(24-14-16-10-6-3-7-11-16)18(17(12-21)25-20)23-13-15-8-4-2-5-9-15/h2-12,17-20H,13-14H2,1H3/t17-,18+,19-,20-/m0/s1. The number of rotatable bonds is 8. The molecule has 0 N–H and O–H groups in total. The van der Waals surface area contributed by atoms with Gasteiger partial charge >= 0.3 is 0 Å². The monoisotopic (exact) mass is 342 g/mol. The molecule has 5 heteroatoms. The van der Waals surface area contributed by atoms with E-state index in [-0.39, 0.29) is 0 Å². The molecule has 3 rings (SSSR count). The average molecular weight is 342 g/mol. The molecule has 2 aromatic carbocycles. The molecule has 0 saturated carbocycles. The van der Waals surface area contributed by atoms with Gasteiger partial charge in [-0.15, -0.1) is 0 Å². The van der Waals surface area contributed by atoms with Crippen molar-refractivity contribution in [2.24, 2.45) is 0 Å². The van der Waals surface area contributed by atoms with Gasteiger partial charge < -0.3 is 23.7 Å². The van der Waals surface area contributed by atoms with E-state index in [4.69, 9.17) is 18.9 Å². The van der Waals surface area contributed by atoms with E-state index in [2.05, 4.69) is 0 Å². The summed E-state index contributed by atoms with van der Waals surface area (Å²) in [6.45, 7) is 0.770. The Labute approximate surface area is 147 Å². The highest BCUT2D eigenvalue weighted by Gasteiger charge is 2.46. The van der Waals surface area contributed by atoms with Crippen LogP contribution >= 0.6 is 0 Å². The molecule has 0 amide bonds. The van der Waals surface area contributed by atoms with Crippen LogP contribution in [0.1, 0.15) is 11.1 Å². The van der Waals surface area contributed by atoms with Gasteiger partial charge in [0.05, 0.1) is 13.2 Å². The molecule has 2 aromatic rings. The van der Waals surface area contributed by atoms with Gasteiger partial charge in [-0.05, 0) is 11.1 Å². The maximum absolute atomic E-state index is 11.4. The fourth-order valence-corrected chi connectivity index (χ4v) is 2.85. The van der Waals surface area contributed by atoms with E-state index in [0.29, 0.717) is 13.2 Å². The second-order valence-electron chi connectivity index (χ2n) is 5.86.